The third-order valence-electron chi connectivity index (χ3n) is 2.64. The van der Waals surface area contributed by atoms with E-state index in [1.165, 1.54) is 0 Å². The number of methoxy groups -OCH3 is 1. The highest BCUT2D eigenvalue weighted by molar-refractivity contribution is 5.95. The maximum atomic E-state index is 8.62. The van der Waals surface area contributed by atoms with Gasteiger partial charge in [0.2, 0.25) is 5.88 Å². The van der Waals surface area contributed by atoms with Gasteiger partial charge >= 0.3 is 0 Å². The van der Waals surface area contributed by atoms with Crippen LogP contribution in [0.4, 0.5) is 5.69 Å². The number of hydrogen-bond acceptors (Lipinski definition) is 6. The Labute approximate surface area is 116 Å². The fourth-order valence-electron chi connectivity index (χ4n) is 1.59. The van der Waals surface area contributed by atoms with Crippen molar-refractivity contribution in [3.63, 3.8) is 0 Å². The zero-order valence-electron chi connectivity index (χ0n) is 10.9. The molecular weight excluding hydrogens is 258 g/mol. The average Bonchev–Trinajstić information content (AvgIpc) is 2.53. The summed E-state index contributed by atoms with van der Waals surface area (Å²) in [6.45, 7) is 0.572. The van der Waals surface area contributed by atoms with Crippen LogP contribution in [-0.2, 0) is 6.54 Å². The zero-order valence-corrected chi connectivity index (χ0v) is 10.9. The Balaban J connectivity index is 2.03. The lowest BCUT2D eigenvalue weighted by Gasteiger charge is -2.07. The van der Waals surface area contributed by atoms with Gasteiger partial charge in [-0.15, -0.1) is 0 Å². The van der Waals surface area contributed by atoms with Crippen LogP contribution in [0.2, 0.25) is 0 Å². The van der Waals surface area contributed by atoms with Crippen LogP contribution in [0.3, 0.4) is 0 Å². The van der Waals surface area contributed by atoms with Crippen molar-refractivity contribution in [1.29, 1.82) is 0 Å². The molecule has 104 valence electrons. The van der Waals surface area contributed by atoms with Crippen molar-refractivity contribution >= 4 is 11.5 Å². The van der Waals surface area contributed by atoms with Gasteiger partial charge in [0.15, 0.2) is 5.84 Å². The number of nitrogens with one attached hydrogen (secondary N) is 1. The molecule has 0 unspecified atom stereocenters. The number of amidine groups is 1. The lowest BCUT2D eigenvalue weighted by Crippen LogP contribution is -2.15. The molecule has 2 rings (SSSR count). The minimum Gasteiger partial charge on any atom is -0.481 e. The Kier molecular flexibility index (Phi) is 4.33. The molecule has 0 spiro atoms. The van der Waals surface area contributed by atoms with Crippen LogP contribution in [0.1, 0.15) is 11.3 Å². The van der Waals surface area contributed by atoms with Gasteiger partial charge < -0.3 is 21.0 Å². The Morgan fingerprint density at radius 2 is 2.25 bits per heavy atom. The van der Waals surface area contributed by atoms with Crippen LogP contribution < -0.4 is 15.8 Å². The molecule has 2 aromatic rings. The Morgan fingerprint density at radius 3 is 2.90 bits per heavy atom. The van der Waals surface area contributed by atoms with Crippen molar-refractivity contribution in [3.05, 3.63) is 47.9 Å². The molecule has 0 aromatic carbocycles. The largest absolute Gasteiger partial charge is 0.481 e. The second-order valence-corrected chi connectivity index (χ2v) is 3.98. The topological polar surface area (TPSA) is 106 Å². The van der Waals surface area contributed by atoms with Crippen LogP contribution >= 0.6 is 0 Å². The fraction of sp³-hybridized carbons (Fsp3) is 0.154. The molecule has 0 saturated heterocycles. The lowest BCUT2D eigenvalue weighted by molar-refractivity contribution is 0.318. The minimum absolute atomic E-state index is 0.0158. The summed E-state index contributed by atoms with van der Waals surface area (Å²) < 4.78 is 4.99. The van der Waals surface area contributed by atoms with Gasteiger partial charge in [-0.05, 0) is 23.8 Å². The van der Waals surface area contributed by atoms with E-state index in [2.05, 4.69) is 20.4 Å². The van der Waals surface area contributed by atoms with Crippen LogP contribution in [0.5, 0.6) is 5.88 Å². The van der Waals surface area contributed by atoms with Crippen LogP contribution in [0.15, 0.2) is 41.8 Å². The number of hydrogen-bond donors (Lipinski definition) is 3. The van der Waals surface area contributed by atoms with Crippen LogP contribution in [-0.4, -0.2) is 28.1 Å². The van der Waals surface area contributed by atoms with E-state index in [9.17, 15) is 0 Å². The monoisotopic (exact) mass is 273 g/mol. The summed E-state index contributed by atoms with van der Waals surface area (Å²) in [5.74, 6) is 0.548. The predicted octanol–water partition coefficient (Wildman–Crippen LogP) is 1.19. The van der Waals surface area contributed by atoms with E-state index < -0.39 is 0 Å². The van der Waals surface area contributed by atoms with Crippen molar-refractivity contribution in [3.8, 4) is 5.88 Å². The summed E-state index contributed by atoms with van der Waals surface area (Å²) in [6.07, 6.45) is 3.29. The normalized spacial score (nSPS) is 11.2. The second kappa shape index (κ2) is 6.37. The zero-order chi connectivity index (χ0) is 14.4. The molecule has 4 N–H and O–H groups in total. The first-order chi connectivity index (χ1) is 9.72. The molecular formula is C13H15N5O2. The Hall–Kier alpha value is -2.83. The predicted molar refractivity (Wildman–Crippen MR) is 74.9 cm³/mol. The van der Waals surface area contributed by atoms with Gasteiger partial charge in [-0.25, -0.2) is 4.98 Å². The number of rotatable bonds is 5. The van der Waals surface area contributed by atoms with Crippen molar-refractivity contribution in [2.45, 2.75) is 6.54 Å². The molecule has 0 fully saturated rings. The van der Waals surface area contributed by atoms with Gasteiger partial charge in [0.05, 0.1) is 19.0 Å². The highest BCUT2D eigenvalue weighted by atomic mass is 16.5. The van der Waals surface area contributed by atoms with Gasteiger partial charge in [-0.2, -0.15) is 0 Å². The number of nitrogens with two attached hydrogens (primary N) is 1. The molecule has 0 atom stereocenters. The van der Waals surface area contributed by atoms with Crippen molar-refractivity contribution in [2.24, 2.45) is 10.9 Å². The van der Waals surface area contributed by atoms with Gasteiger partial charge in [-0.1, -0.05) is 5.16 Å². The van der Waals surface area contributed by atoms with E-state index in [-0.39, 0.29) is 5.84 Å². The van der Waals surface area contributed by atoms with E-state index in [1.807, 2.05) is 12.1 Å². The number of anilines is 1. The van der Waals surface area contributed by atoms with E-state index in [1.54, 1.807) is 31.6 Å². The number of nitrogens with zero attached hydrogens (tertiary/aromatic N) is 3. The molecule has 0 saturated carbocycles. The van der Waals surface area contributed by atoms with Gasteiger partial charge in [-0.3, -0.25) is 4.98 Å². The summed E-state index contributed by atoms with van der Waals surface area (Å²) >= 11 is 0. The maximum Gasteiger partial charge on any atom is 0.213 e. The SMILES string of the molecule is COc1ccc(NCc2ccnc(C(N)=NO)c2)cn1. The molecule has 0 aliphatic carbocycles. The summed E-state index contributed by atoms with van der Waals surface area (Å²) in [5, 5.41) is 14.8. The van der Waals surface area contributed by atoms with Gasteiger partial charge in [0, 0.05) is 18.8 Å². The highest BCUT2D eigenvalue weighted by Gasteiger charge is 2.02. The average molecular weight is 273 g/mol. The highest BCUT2D eigenvalue weighted by Crippen LogP contribution is 2.12. The lowest BCUT2D eigenvalue weighted by atomic mass is 10.2. The van der Waals surface area contributed by atoms with E-state index in [4.69, 9.17) is 15.7 Å². The molecule has 7 nitrogen and oxygen atoms in total. The quantitative estimate of drug-likeness (QED) is 0.327. The molecule has 0 radical (unpaired) electrons. The first kappa shape index (κ1) is 13.6. The Bertz CT molecular complexity index is 598. The smallest absolute Gasteiger partial charge is 0.213 e. The standard InChI is InChI=1S/C13H15N5O2/c1-20-12-3-2-10(8-17-12)16-7-9-4-5-15-11(6-9)13(14)18-19/h2-6,8,16,19H,7H2,1H3,(H2,14,18). The number of pyridine rings is 2. The molecule has 0 aliphatic rings. The number of aromatic nitrogens is 2. The maximum absolute atomic E-state index is 8.62. The van der Waals surface area contributed by atoms with Gasteiger partial charge in [0.25, 0.3) is 0 Å². The number of ether oxygens (including phenoxy) is 1. The molecule has 20 heavy (non-hydrogen) atoms. The second-order valence-electron chi connectivity index (χ2n) is 3.98. The summed E-state index contributed by atoms with van der Waals surface area (Å²) in [5.41, 5.74) is 7.75. The van der Waals surface area contributed by atoms with E-state index in [0.717, 1.165) is 11.3 Å². The first-order valence-corrected chi connectivity index (χ1v) is 5.89. The molecule has 0 amide bonds. The molecule has 2 heterocycles. The third kappa shape index (κ3) is 3.35. The summed E-state index contributed by atoms with van der Waals surface area (Å²) in [4.78, 5) is 8.11. The third-order valence-corrected chi connectivity index (χ3v) is 2.64. The molecule has 0 aliphatic heterocycles. The summed E-state index contributed by atoms with van der Waals surface area (Å²) in [6, 6.07) is 7.24. The van der Waals surface area contributed by atoms with Crippen LogP contribution in [0, 0.1) is 0 Å². The van der Waals surface area contributed by atoms with Crippen molar-refractivity contribution < 1.29 is 9.94 Å². The number of oxime groups is 1. The fourth-order valence-corrected chi connectivity index (χ4v) is 1.59. The first-order valence-electron chi connectivity index (χ1n) is 5.89. The molecule has 0 bridgehead atoms. The molecule has 2 aromatic heterocycles. The summed E-state index contributed by atoms with van der Waals surface area (Å²) in [7, 11) is 1.57. The molecule has 7 heteroatoms. The van der Waals surface area contributed by atoms with Crippen LogP contribution in [0.25, 0.3) is 0 Å². The Morgan fingerprint density at radius 1 is 1.40 bits per heavy atom. The van der Waals surface area contributed by atoms with E-state index >= 15 is 0 Å². The van der Waals surface area contributed by atoms with Gasteiger partial charge in [0.1, 0.15) is 5.69 Å². The van der Waals surface area contributed by atoms with E-state index in [0.29, 0.717) is 18.1 Å². The van der Waals surface area contributed by atoms with Crippen molar-refractivity contribution in [2.75, 3.05) is 12.4 Å². The minimum atomic E-state index is -0.0158. The van der Waals surface area contributed by atoms with Crippen molar-refractivity contribution in [1.82, 2.24) is 9.97 Å².